The van der Waals surface area contributed by atoms with E-state index in [1.165, 1.54) is 12.1 Å². The van der Waals surface area contributed by atoms with Gasteiger partial charge in [-0.3, -0.25) is 0 Å². The minimum Gasteiger partial charge on any atom is -0.406 e. The van der Waals surface area contributed by atoms with Gasteiger partial charge in [-0.05, 0) is 42.7 Å². The highest BCUT2D eigenvalue weighted by Crippen LogP contribution is 2.27. The molecule has 0 fully saturated rings. The van der Waals surface area contributed by atoms with E-state index in [-0.39, 0.29) is 24.2 Å². The lowest BCUT2D eigenvalue weighted by molar-refractivity contribution is -0.274. The largest absolute Gasteiger partial charge is 0.573 e. The number of hydrogen-bond donors (Lipinski definition) is 1. The van der Waals surface area contributed by atoms with Crippen molar-refractivity contribution in [2.75, 3.05) is 0 Å². The van der Waals surface area contributed by atoms with E-state index >= 15 is 0 Å². The van der Waals surface area contributed by atoms with Gasteiger partial charge in [0.1, 0.15) is 5.75 Å². The molecule has 0 saturated carbocycles. The van der Waals surface area contributed by atoms with Crippen LogP contribution in [-0.2, 0) is 0 Å². The molecular formula is C16H17ClF3NO. The van der Waals surface area contributed by atoms with Crippen LogP contribution in [0.4, 0.5) is 13.2 Å². The lowest BCUT2D eigenvalue weighted by atomic mass is 9.94. The first-order valence-electron chi connectivity index (χ1n) is 6.45. The summed E-state index contributed by atoms with van der Waals surface area (Å²) in [7, 11) is 0. The summed E-state index contributed by atoms with van der Waals surface area (Å²) < 4.78 is 40.2. The highest BCUT2D eigenvalue weighted by molar-refractivity contribution is 5.85. The molecule has 0 spiro atoms. The number of benzene rings is 2. The van der Waals surface area contributed by atoms with Crippen molar-refractivity contribution in [3.8, 4) is 5.75 Å². The van der Waals surface area contributed by atoms with Crippen molar-refractivity contribution in [1.82, 2.24) is 0 Å². The Morgan fingerprint density at radius 3 is 2.09 bits per heavy atom. The molecule has 0 radical (unpaired) electrons. The summed E-state index contributed by atoms with van der Waals surface area (Å²) in [4.78, 5) is 0. The third kappa shape index (κ3) is 4.64. The molecule has 2 N–H and O–H groups in total. The van der Waals surface area contributed by atoms with Gasteiger partial charge in [-0.25, -0.2) is 0 Å². The molecular weight excluding hydrogens is 315 g/mol. The van der Waals surface area contributed by atoms with Gasteiger partial charge in [0.2, 0.25) is 0 Å². The molecule has 0 unspecified atom stereocenters. The fraction of sp³-hybridized carbons (Fsp3) is 0.250. The number of hydrogen-bond acceptors (Lipinski definition) is 2. The fourth-order valence-corrected chi connectivity index (χ4v) is 2.23. The van der Waals surface area contributed by atoms with Crippen LogP contribution in [0.2, 0.25) is 0 Å². The Hall–Kier alpha value is -1.72. The predicted molar refractivity (Wildman–Crippen MR) is 82.3 cm³/mol. The van der Waals surface area contributed by atoms with Crippen molar-refractivity contribution in [3.63, 3.8) is 0 Å². The molecule has 0 bridgehead atoms. The molecule has 22 heavy (non-hydrogen) atoms. The Morgan fingerprint density at radius 1 is 1.00 bits per heavy atom. The van der Waals surface area contributed by atoms with Crippen LogP contribution in [0.25, 0.3) is 0 Å². The molecule has 0 aliphatic carbocycles. The normalized spacial score (nSPS) is 12.5. The first kappa shape index (κ1) is 18.3. The maximum atomic E-state index is 12.1. The third-order valence-electron chi connectivity index (χ3n) is 3.23. The van der Waals surface area contributed by atoms with Crippen molar-refractivity contribution in [2.24, 2.45) is 5.73 Å². The summed E-state index contributed by atoms with van der Waals surface area (Å²) >= 11 is 0. The van der Waals surface area contributed by atoms with Crippen molar-refractivity contribution in [3.05, 3.63) is 64.7 Å². The van der Waals surface area contributed by atoms with E-state index in [1.54, 1.807) is 12.1 Å². The van der Waals surface area contributed by atoms with Gasteiger partial charge in [0.25, 0.3) is 0 Å². The van der Waals surface area contributed by atoms with Crippen LogP contribution in [0.1, 0.15) is 28.3 Å². The van der Waals surface area contributed by atoms with Crippen LogP contribution in [0.3, 0.4) is 0 Å². The molecule has 2 rings (SSSR count). The first-order chi connectivity index (χ1) is 9.76. The van der Waals surface area contributed by atoms with Gasteiger partial charge in [-0.15, -0.1) is 25.6 Å². The van der Waals surface area contributed by atoms with Crippen LogP contribution in [0, 0.1) is 13.8 Å². The van der Waals surface area contributed by atoms with Gasteiger partial charge in [0.15, 0.2) is 0 Å². The van der Waals surface area contributed by atoms with Gasteiger partial charge in [0.05, 0.1) is 6.04 Å². The summed E-state index contributed by atoms with van der Waals surface area (Å²) in [6.45, 7) is 3.95. The minimum atomic E-state index is -4.68. The lowest BCUT2D eigenvalue weighted by Crippen LogP contribution is -2.17. The molecule has 120 valence electrons. The quantitative estimate of drug-likeness (QED) is 0.887. The summed E-state index contributed by atoms with van der Waals surface area (Å²) in [5.74, 6) is -0.251. The van der Waals surface area contributed by atoms with Gasteiger partial charge >= 0.3 is 6.36 Å². The Morgan fingerprint density at radius 2 is 1.59 bits per heavy atom. The molecule has 6 heteroatoms. The van der Waals surface area contributed by atoms with Gasteiger partial charge < -0.3 is 10.5 Å². The van der Waals surface area contributed by atoms with E-state index in [2.05, 4.69) is 4.74 Å². The monoisotopic (exact) mass is 331 g/mol. The molecule has 0 saturated heterocycles. The Bertz CT molecular complexity index is 626. The standard InChI is InChI=1S/C16H16F3NO.ClH/c1-10-3-8-14(11(2)9-10)15(20)12-4-6-13(7-5-12)21-16(17,18)19;/h3-9,15H,20H2,1-2H3;1H/t15-;/m0./s1. The smallest absolute Gasteiger partial charge is 0.406 e. The lowest BCUT2D eigenvalue weighted by Gasteiger charge is -2.16. The summed E-state index contributed by atoms with van der Waals surface area (Å²) in [6.07, 6.45) is -4.68. The van der Waals surface area contributed by atoms with Crippen molar-refractivity contribution in [2.45, 2.75) is 26.3 Å². The molecule has 0 heterocycles. The fourth-order valence-electron chi connectivity index (χ4n) is 2.23. The zero-order valence-electron chi connectivity index (χ0n) is 12.1. The predicted octanol–water partition coefficient (Wildman–Crippen LogP) is 4.67. The maximum Gasteiger partial charge on any atom is 0.573 e. The summed E-state index contributed by atoms with van der Waals surface area (Å²) in [5.41, 5.74) is 10.1. The number of aryl methyl sites for hydroxylation is 2. The van der Waals surface area contributed by atoms with Crippen LogP contribution in [0.15, 0.2) is 42.5 Å². The molecule has 0 aliphatic rings. The van der Waals surface area contributed by atoms with Crippen molar-refractivity contribution >= 4 is 12.4 Å². The molecule has 0 aliphatic heterocycles. The SMILES string of the molecule is Cc1ccc([C@@H](N)c2ccc(OC(F)(F)F)cc2)c(C)c1.Cl. The van der Waals surface area contributed by atoms with E-state index < -0.39 is 6.36 Å². The van der Waals surface area contributed by atoms with Gasteiger partial charge in [-0.1, -0.05) is 35.9 Å². The zero-order chi connectivity index (χ0) is 15.6. The summed E-state index contributed by atoms with van der Waals surface area (Å²) in [5, 5.41) is 0. The zero-order valence-corrected chi connectivity index (χ0v) is 13.0. The molecule has 1 atom stereocenters. The van der Waals surface area contributed by atoms with Crippen LogP contribution >= 0.6 is 12.4 Å². The highest BCUT2D eigenvalue weighted by atomic mass is 35.5. The third-order valence-corrected chi connectivity index (χ3v) is 3.23. The molecule has 2 aromatic rings. The second-order valence-electron chi connectivity index (χ2n) is 4.95. The van der Waals surface area contributed by atoms with Crippen LogP contribution in [0.5, 0.6) is 5.75 Å². The second kappa shape index (κ2) is 7.03. The number of ether oxygens (including phenoxy) is 1. The number of alkyl halides is 3. The number of nitrogens with two attached hydrogens (primary N) is 1. The number of rotatable bonds is 3. The maximum absolute atomic E-state index is 12.1. The van der Waals surface area contributed by atoms with Gasteiger partial charge in [0, 0.05) is 0 Å². The topological polar surface area (TPSA) is 35.2 Å². The first-order valence-corrected chi connectivity index (χ1v) is 6.45. The molecule has 0 amide bonds. The Kier molecular flexibility index (Phi) is 5.85. The Balaban J connectivity index is 0.00000242. The average Bonchev–Trinajstić information content (AvgIpc) is 2.37. The van der Waals surface area contributed by atoms with E-state index in [9.17, 15) is 13.2 Å². The second-order valence-corrected chi connectivity index (χ2v) is 4.95. The van der Waals surface area contributed by atoms with Crippen molar-refractivity contribution < 1.29 is 17.9 Å². The van der Waals surface area contributed by atoms with Crippen molar-refractivity contribution in [1.29, 1.82) is 0 Å². The van der Waals surface area contributed by atoms with Crippen LogP contribution < -0.4 is 10.5 Å². The Labute approximate surface area is 133 Å². The number of halogens is 4. The average molecular weight is 332 g/mol. The molecule has 0 aromatic heterocycles. The highest BCUT2D eigenvalue weighted by Gasteiger charge is 2.31. The van der Waals surface area contributed by atoms with E-state index in [0.29, 0.717) is 0 Å². The van der Waals surface area contributed by atoms with Crippen LogP contribution in [-0.4, -0.2) is 6.36 Å². The minimum absolute atomic E-state index is 0. The van der Waals surface area contributed by atoms with E-state index in [0.717, 1.165) is 22.3 Å². The van der Waals surface area contributed by atoms with E-state index in [1.807, 2.05) is 32.0 Å². The van der Waals surface area contributed by atoms with Gasteiger partial charge in [-0.2, -0.15) is 0 Å². The molecule has 2 nitrogen and oxygen atoms in total. The van der Waals surface area contributed by atoms with E-state index in [4.69, 9.17) is 5.73 Å². The summed E-state index contributed by atoms with van der Waals surface area (Å²) in [6, 6.07) is 11.2. The molecule has 2 aromatic carbocycles.